The van der Waals surface area contributed by atoms with E-state index in [1.165, 1.54) is 25.1 Å². The van der Waals surface area contributed by atoms with Crippen molar-refractivity contribution in [2.75, 3.05) is 13.1 Å². The van der Waals surface area contributed by atoms with Crippen LogP contribution in [0.25, 0.3) is 0 Å². The van der Waals surface area contributed by atoms with Crippen LogP contribution in [0.2, 0.25) is 0 Å². The van der Waals surface area contributed by atoms with Gasteiger partial charge in [0.2, 0.25) is 5.88 Å². The largest absolute Gasteiger partial charge is 0.475 e. The topological polar surface area (TPSA) is 28.6 Å². The van der Waals surface area contributed by atoms with Gasteiger partial charge in [-0.15, -0.1) is 0 Å². The normalized spacial score (nSPS) is 26.2. The molecule has 0 N–H and O–H groups in total. The number of pyridine rings is 1. The molecule has 0 radical (unpaired) electrons. The molecule has 4 heteroatoms. The van der Waals surface area contributed by atoms with Gasteiger partial charge in [-0.05, 0) is 39.7 Å². The van der Waals surface area contributed by atoms with Gasteiger partial charge in [-0.25, -0.2) is 4.98 Å². The minimum atomic E-state index is 0.181. The Kier molecular flexibility index (Phi) is 4.18. The van der Waals surface area contributed by atoms with E-state index >= 15 is 0 Å². The highest BCUT2D eigenvalue weighted by atomic mass is 16.5. The molecule has 3 heterocycles. The molecule has 2 bridgehead atoms. The summed E-state index contributed by atoms with van der Waals surface area (Å²) < 4.78 is 5.60. The van der Waals surface area contributed by atoms with Gasteiger partial charge in [-0.3, -0.25) is 9.80 Å². The number of piperazine rings is 1. The monoisotopic (exact) mass is 289 g/mol. The average Bonchev–Trinajstić information content (AvgIpc) is 2.45. The molecule has 21 heavy (non-hydrogen) atoms. The second-order valence-corrected chi connectivity index (χ2v) is 6.93. The molecule has 1 aromatic rings. The molecule has 2 fully saturated rings. The first-order valence-corrected chi connectivity index (χ1v) is 8.14. The lowest BCUT2D eigenvalue weighted by atomic mass is 9.86. The number of ether oxygens (including phenoxy) is 1. The lowest BCUT2D eigenvalue weighted by Gasteiger charge is -2.57. The Labute approximate surface area is 128 Å². The fourth-order valence-corrected chi connectivity index (χ4v) is 3.43. The molecule has 2 unspecified atom stereocenters. The minimum absolute atomic E-state index is 0.181. The summed E-state index contributed by atoms with van der Waals surface area (Å²) in [7, 11) is 0. The van der Waals surface area contributed by atoms with Crippen LogP contribution in [0.3, 0.4) is 0 Å². The van der Waals surface area contributed by atoms with Crippen LogP contribution in [-0.2, 0) is 6.54 Å². The van der Waals surface area contributed by atoms with Crippen LogP contribution in [0.4, 0.5) is 0 Å². The van der Waals surface area contributed by atoms with Crippen molar-refractivity contribution in [1.82, 2.24) is 14.8 Å². The Morgan fingerprint density at radius 1 is 1.19 bits per heavy atom. The van der Waals surface area contributed by atoms with Crippen LogP contribution >= 0.6 is 0 Å². The van der Waals surface area contributed by atoms with E-state index < -0.39 is 0 Å². The highest BCUT2D eigenvalue weighted by Crippen LogP contribution is 2.34. The number of rotatable bonds is 5. The van der Waals surface area contributed by atoms with Gasteiger partial charge in [0.25, 0.3) is 0 Å². The van der Waals surface area contributed by atoms with E-state index in [-0.39, 0.29) is 6.10 Å². The zero-order valence-corrected chi connectivity index (χ0v) is 13.6. The van der Waals surface area contributed by atoms with Gasteiger partial charge < -0.3 is 4.74 Å². The number of likely N-dealkylation sites (tertiary alicyclic amines) is 2. The second-order valence-electron chi connectivity index (χ2n) is 6.93. The molecule has 0 aliphatic carbocycles. The van der Waals surface area contributed by atoms with E-state index in [1.54, 1.807) is 0 Å². The van der Waals surface area contributed by atoms with Crippen molar-refractivity contribution in [2.24, 2.45) is 0 Å². The molecule has 0 spiro atoms. The van der Waals surface area contributed by atoms with Crippen molar-refractivity contribution in [1.29, 1.82) is 0 Å². The highest BCUT2D eigenvalue weighted by Gasteiger charge is 2.44. The molecule has 0 aromatic carbocycles. The van der Waals surface area contributed by atoms with Gasteiger partial charge in [0.1, 0.15) is 0 Å². The molecule has 4 nitrogen and oxygen atoms in total. The van der Waals surface area contributed by atoms with Gasteiger partial charge in [-0.1, -0.05) is 6.07 Å². The number of piperidine rings is 1. The third-order valence-electron chi connectivity index (χ3n) is 4.62. The molecule has 3 rings (SSSR count). The fourth-order valence-electron chi connectivity index (χ4n) is 3.43. The molecule has 2 saturated heterocycles. The molecule has 2 atom stereocenters. The van der Waals surface area contributed by atoms with Gasteiger partial charge in [0.15, 0.2) is 0 Å². The van der Waals surface area contributed by atoms with Crippen LogP contribution in [0.15, 0.2) is 18.3 Å². The van der Waals surface area contributed by atoms with E-state index in [0.29, 0.717) is 6.04 Å². The molecule has 0 amide bonds. The predicted octanol–water partition coefficient (Wildman–Crippen LogP) is 2.54. The number of hydrogen-bond donors (Lipinski definition) is 0. The summed E-state index contributed by atoms with van der Waals surface area (Å²) in [6.45, 7) is 12.1. The van der Waals surface area contributed by atoms with Crippen LogP contribution in [0, 0.1) is 0 Å². The Bertz CT molecular complexity index is 459. The highest BCUT2D eigenvalue weighted by molar-refractivity contribution is 5.19. The van der Waals surface area contributed by atoms with Crippen LogP contribution in [-0.4, -0.2) is 52.1 Å². The Morgan fingerprint density at radius 3 is 2.43 bits per heavy atom. The molecule has 2 aliphatic rings. The Balaban J connectivity index is 1.56. The average molecular weight is 289 g/mol. The maximum atomic E-state index is 5.60. The maximum Gasteiger partial charge on any atom is 0.213 e. The van der Waals surface area contributed by atoms with E-state index in [4.69, 9.17) is 4.74 Å². The maximum absolute atomic E-state index is 5.60. The third kappa shape index (κ3) is 3.22. The third-order valence-corrected chi connectivity index (χ3v) is 4.62. The van der Waals surface area contributed by atoms with Crippen molar-refractivity contribution < 1.29 is 4.74 Å². The van der Waals surface area contributed by atoms with Crippen molar-refractivity contribution in [2.45, 2.75) is 64.9 Å². The van der Waals surface area contributed by atoms with Gasteiger partial charge >= 0.3 is 0 Å². The zero-order chi connectivity index (χ0) is 15.0. The SMILES string of the molecule is CC(C)Oc1ccc(CN2C3CC2CN(C(C)C)C3)cn1. The fraction of sp³-hybridized carbons (Fsp3) is 0.706. The number of fused-ring (bicyclic) bond motifs is 2. The number of nitrogens with zero attached hydrogens (tertiary/aromatic N) is 3. The molecule has 1 aromatic heterocycles. The minimum Gasteiger partial charge on any atom is -0.475 e. The Hall–Kier alpha value is -1.13. The molecular formula is C17H27N3O. The van der Waals surface area contributed by atoms with Crippen molar-refractivity contribution in [3.8, 4) is 5.88 Å². The quantitative estimate of drug-likeness (QED) is 0.833. The van der Waals surface area contributed by atoms with E-state index in [2.05, 4.69) is 34.7 Å². The second kappa shape index (κ2) is 5.93. The lowest BCUT2D eigenvalue weighted by molar-refractivity contribution is -0.0835. The molecular weight excluding hydrogens is 262 g/mol. The summed E-state index contributed by atoms with van der Waals surface area (Å²) in [6, 6.07) is 6.28. The predicted molar refractivity (Wildman–Crippen MR) is 84.4 cm³/mol. The number of aromatic nitrogens is 1. The summed E-state index contributed by atoms with van der Waals surface area (Å²) in [4.78, 5) is 9.65. The zero-order valence-electron chi connectivity index (χ0n) is 13.6. The van der Waals surface area contributed by atoms with Gasteiger partial charge in [0, 0.05) is 50.0 Å². The summed E-state index contributed by atoms with van der Waals surface area (Å²) in [5.41, 5.74) is 1.29. The van der Waals surface area contributed by atoms with Crippen molar-refractivity contribution in [3.05, 3.63) is 23.9 Å². The summed E-state index contributed by atoms with van der Waals surface area (Å²) in [6.07, 6.45) is 3.51. The Morgan fingerprint density at radius 2 is 1.90 bits per heavy atom. The van der Waals surface area contributed by atoms with Crippen molar-refractivity contribution in [3.63, 3.8) is 0 Å². The first-order valence-electron chi connectivity index (χ1n) is 8.14. The summed E-state index contributed by atoms with van der Waals surface area (Å²) in [5.74, 6) is 0.725. The first kappa shape index (κ1) is 14.8. The summed E-state index contributed by atoms with van der Waals surface area (Å²) >= 11 is 0. The summed E-state index contributed by atoms with van der Waals surface area (Å²) in [5, 5.41) is 0. The first-order chi connectivity index (χ1) is 10.0. The van der Waals surface area contributed by atoms with E-state index in [0.717, 1.165) is 24.5 Å². The lowest BCUT2D eigenvalue weighted by Crippen LogP contribution is -2.68. The molecule has 2 aliphatic heterocycles. The van der Waals surface area contributed by atoms with Crippen LogP contribution < -0.4 is 4.74 Å². The van der Waals surface area contributed by atoms with Crippen molar-refractivity contribution >= 4 is 0 Å². The van der Waals surface area contributed by atoms with E-state index in [1.807, 2.05) is 26.1 Å². The van der Waals surface area contributed by atoms with Gasteiger partial charge in [0.05, 0.1) is 6.10 Å². The molecule has 0 saturated carbocycles. The van der Waals surface area contributed by atoms with Gasteiger partial charge in [-0.2, -0.15) is 0 Å². The smallest absolute Gasteiger partial charge is 0.213 e. The van der Waals surface area contributed by atoms with E-state index in [9.17, 15) is 0 Å². The number of hydrogen-bond acceptors (Lipinski definition) is 4. The van der Waals surface area contributed by atoms with Crippen LogP contribution in [0.5, 0.6) is 5.88 Å². The van der Waals surface area contributed by atoms with Crippen LogP contribution in [0.1, 0.15) is 39.7 Å². The standard InChI is InChI=1S/C17H27N3O/c1-12(2)19-10-15-7-16(11-19)20(15)9-14-5-6-17(18-8-14)21-13(3)4/h5-6,8,12-13,15-16H,7,9-11H2,1-4H3. The molecule has 116 valence electrons.